The molecule has 0 heterocycles. The molecule has 2 aliphatic rings. The van der Waals surface area contributed by atoms with Crippen LogP contribution in [-0.4, -0.2) is 95.2 Å². The number of hydrogen-bond acceptors (Lipinski definition) is 12. The molecule has 284 valence electrons. The van der Waals surface area contributed by atoms with Crippen LogP contribution in [0.25, 0.3) is 0 Å². The average molecular weight is 709 g/mol. The van der Waals surface area contributed by atoms with Gasteiger partial charge >= 0.3 is 18.2 Å². The molecule has 0 aromatic carbocycles. The summed E-state index contributed by atoms with van der Waals surface area (Å²) in [5.74, 6) is 0.0809. The van der Waals surface area contributed by atoms with Crippen LogP contribution in [0.15, 0.2) is 17.1 Å². The minimum atomic E-state index is -0.499. The Balaban J connectivity index is 0.00000122. The highest BCUT2D eigenvalue weighted by Crippen LogP contribution is 2.49. The van der Waals surface area contributed by atoms with Crippen LogP contribution < -0.4 is 10.6 Å². The maximum absolute atomic E-state index is 12.1. The molecule has 2 saturated carbocycles. The SMILES string of the molecule is C=C(C)C(=O)OCCO.CC1(C)CC(CNC(=O)OCCOCCOC(=O)NCC2CC(C)(C)CC(C)(COC#N)C2)CC(C)(CN=C=O)C1. The molecule has 2 rings (SSSR count). The predicted octanol–water partition coefficient (Wildman–Crippen LogP) is 5.05. The number of aliphatic imine (C=N–C) groups is 1. The molecule has 14 nitrogen and oxygen atoms in total. The Kier molecular flexibility index (Phi) is 19.1. The molecule has 2 fully saturated rings. The third-order valence-corrected chi connectivity index (χ3v) is 8.73. The molecule has 2 aliphatic carbocycles. The zero-order valence-corrected chi connectivity index (χ0v) is 31.2. The number of esters is 1. The van der Waals surface area contributed by atoms with Crippen LogP contribution in [0.5, 0.6) is 0 Å². The van der Waals surface area contributed by atoms with Crippen molar-refractivity contribution >= 4 is 24.2 Å². The van der Waals surface area contributed by atoms with E-state index in [2.05, 4.69) is 68.5 Å². The van der Waals surface area contributed by atoms with Gasteiger partial charge in [0.15, 0.2) is 0 Å². The minimum Gasteiger partial charge on any atom is -0.460 e. The number of aliphatic hydroxyl groups excluding tert-OH is 1. The Hall–Kier alpha value is -3.66. The first-order valence-electron chi connectivity index (χ1n) is 17.2. The van der Waals surface area contributed by atoms with E-state index in [4.69, 9.17) is 29.3 Å². The lowest BCUT2D eigenvalue weighted by Crippen LogP contribution is -2.42. The molecule has 0 radical (unpaired) electrons. The Morgan fingerprint density at radius 1 is 0.820 bits per heavy atom. The number of hydrogen-bond donors (Lipinski definition) is 3. The molecule has 0 saturated heterocycles. The number of amides is 2. The Morgan fingerprint density at radius 2 is 1.32 bits per heavy atom. The van der Waals surface area contributed by atoms with Gasteiger partial charge in [-0.2, -0.15) is 5.26 Å². The Morgan fingerprint density at radius 3 is 1.78 bits per heavy atom. The van der Waals surface area contributed by atoms with E-state index in [1.54, 1.807) is 19.3 Å². The number of isocyanates is 1. The lowest BCUT2D eigenvalue weighted by Gasteiger charge is -2.46. The number of aliphatic hydroxyl groups is 1. The number of nitrogens with zero attached hydrogens (tertiary/aromatic N) is 2. The van der Waals surface area contributed by atoms with Gasteiger partial charge in [0.05, 0.1) is 26.4 Å². The van der Waals surface area contributed by atoms with Crippen molar-refractivity contribution in [2.24, 2.45) is 38.5 Å². The molecule has 4 unspecified atom stereocenters. The number of carbonyl (C=O) groups excluding carboxylic acids is 4. The molecule has 0 aliphatic heterocycles. The second kappa shape index (κ2) is 21.5. The van der Waals surface area contributed by atoms with Crippen molar-refractivity contribution < 1.29 is 48.0 Å². The highest BCUT2D eigenvalue weighted by Gasteiger charge is 2.42. The van der Waals surface area contributed by atoms with Crippen molar-refractivity contribution in [3.05, 3.63) is 12.2 Å². The number of alkyl carbamates (subject to hydrolysis) is 2. The van der Waals surface area contributed by atoms with E-state index in [1.807, 2.05) is 0 Å². The lowest BCUT2D eigenvalue weighted by atomic mass is 9.60. The quantitative estimate of drug-likeness (QED) is 0.0348. The van der Waals surface area contributed by atoms with Crippen LogP contribution in [-0.2, 0) is 33.3 Å². The number of nitriles is 1. The van der Waals surface area contributed by atoms with Crippen molar-refractivity contribution in [3.8, 4) is 6.26 Å². The van der Waals surface area contributed by atoms with Crippen LogP contribution in [0.1, 0.15) is 87.0 Å². The minimum absolute atomic E-state index is 0.0473. The molecule has 0 spiro atoms. The van der Waals surface area contributed by atoms with E-state index in [1.165, 1.54) is 0 Å². The summed E-state index contributed by atoms with van der Waals surface area (Å²) in [5, 5.41) is 22.7. The molecule has 50 heavy (non-hydrogen) atoms. The Bertz CT molecular complexity index is 1200. The summed E-state index contributed by atoms with van der Waals surface area (Å²) in [5.41, 5.74) is 0.336. The van der Waals surface area contributed by atoms with Crippen LogP contribution in [0.3, 0.4) is 0 Å². The standard InChI is InChI=1S/C30H50N4O7.C6H10O3/c1-27(2)11-23(13-29(5,17-27)19-32-22-35)15-33-25(36)40-9-7-38-8-10-41-26(37)34-16-24-12-28(3,4)18-30(6,14-24)20-39-21-31;1-5(2)6(8)9-4-3-7/h23-24H,7-20H2,1-6H3,(H,33,36)(H,34,37);7H,1,3-4H2,2H3. The number of rotatable bonds is 17. The van der Waals surface area contributed by atoms with Crippen molar-refractivity contribution in [1.29, 1.82) is 5.26 Å². The summed E-state index contributed by atoms with van der Waals surface area (Å²) < 4.78 is 25.3. The molecule has 0 aromatic heterocycles. The summed E-state index contributed by atoms with van der Waals surface area (Å²) in [6, 6.07) is 0. The number of nitrogens with one attached hydrogen (secondary N) is 2. The van der Waals surface area contributed by atoms with E-state index >= 15 is 0 Å². The van der Waals surface area contributed by atoms with Crippen LogP contribution in [0, 0.1) is 45.0 Å². The van der Waals surface area contributed by atoms with Crippen molar-refractivity contribution in [2.45, 2.75) is 87.0 Å². The first-order valence-corrected chi connectivity index (χ1v) is 17.2. The fraction of sp³-hybridized carbons (Fsp3) is 0.806. The summed E-state index contributed by atoms with van der Waals surface area (Å²) in [4.78, 5) is 49.1. The highest BCUT2D eigenvalue weighted by atomic mass is 16.6. The molecule has 0 bridgehead atoms. The van der Waals surface area contributed by atoms with Crippen LogP contribution in [0.2, 0.25) is 0 Å². The van der Waals surface area contributed by atoms with Gasteiger partial charge in [0, 0.05) is 24.1 Å². The van der Waals surface area contributed by atoms with E-state index < -0.39 is 18.2 Å². The summed E-state index contributed by atoms with van der Waals surface area (Å²) >= 11 is 0. The molecule has 4 atom stereocenters. The van der Waals surface area contributed by atoms with E-state index in [-0.39, 0.29) is 73.1 Å². The second-order valence-corrected chi connectivity index (χ2v) is 15.9. The van der Waals surface area contributed by atoms with Gasteiger partial charge in [-0.15, -0.1) is 0 Å². The average Bonchev–Trinajstić information content (AvgIpc) is 3.01. The summed E-state index contributed by atoms with van der Waals surface area (Å²) in [7, 11) is 0. The van der Waals surface area contributed by atoms with Gasteiger partial charge < -0.3 is 39.4 Å². The summed E-state index contributed by atoms with van der Waals surface area (Å²) in [6.07, 6.45) is 8.02. The van der Waals surface area contributed by atoms with Gasteiger partial charge in [0.1, 0.15) is 26.4 Å². The van der Waals surface area contributed by atoms with Gasteiger partial charge in [-0.1, -0.05) is 48.1 Å². The van der Waals surface area contributed by atoms with Crippen molar-refractivity contribution in [2.75, 3.05) is 65.9 Å². The first kappa shape index (κ1) is 44.4. The fourth-order valence-corrected chi connectivity index (χ4v) is 7.96. The molecular formula is C36H60N4O10. The monoisotopic (exact) mass is 708 g/mol. The second-order valence-electron chi connectivity index (χ2n) is 15.9. The Labute approximate surface area is 297 Å². The summed E-state index contributed by atoms with van der Waals surface area (Å²) in [6.45, 7) is 20.3. The number of carbonyl (C=O) groups is 3. The topological polar surface area (TPSA) is 195 Å². The lowest BCUT2D eigenvalue weighted by molar-refractivity contribution is -0.139. The normalized spacial score (nSPS) is 24.8. The number of ether oxygens (including phenoxy) is 5. The van der Waals surface area contributed by atoms with Crippen molar-refractivity contribution in [1.82, 2.24) is 10.6 Å². The van der Waals surface area contributed by atoms with Gasteiger partial charge in [0.2, 0.25) is 6.08 Å². The van der Waals surface area contributed by atoms with Gasteiger partial charge in [-0.05, 0) is 73.5 Å². The molecule has 3 N–H and O–H groups in total. The molecule has 0 aromatic rings. The molecule has 14 heteroatoms. The maximum Gasteiger partial charge on any atom is 0.407 e. The maximum atomic E-state index is 12.1. The van der Waals surface area contributed by atoms with Crippen LogP contribution in [0.4, 0.5) is 9.59 Å². The van der Waals surface area contributed by atoms with E-state index in [9.17, 15) is 19.2 Å². The highest BCUT2D eigenvalue weighted by molar-refractivity contribution is 5.86. The largest absolute Gasteiger partial charge is 0.460 e. The van der Waals surface area contributed by atoms with Crippen molar-refractivity contribution in [3.63, 3.8) is 0 Å². The van der Waals surface area contributed by atoms with E-state index in [0.29, 0.717) is 31.8 Å². The van der Waals surface area contributed by atoms with Gasteiger partial charge in [-0.3, -0.25) is 0 Å². The van der Waals surface area contributed by atoms with E-state index in [0.717, 1.165) is 38.5 Å². The zero-order valence-electron chi connectivity index (χ0n) is 31.2. The van der Waals surface area contributed by atoms with Gasteiger partial charge in [0.25, 0.3) is 6.26 Å². The predicted molar refractivity (Wildman–Crippen MR) is 185 cm³/mol. The smallest absolute Gasteiger partial charge is 0.407 e. The van der Waals surface area contributed by atoms with Crippen LogP contribution >= 0.6 is 0 Å². The third-order valence-electron chi connectivity index (χ3n) is 8.73. The third kappa shape index (κ3) is 18.9. The fourth-order valence-electron chi connectivity index (χ4n) is 7.96. The van der Waals surface area contributed by atoms with Gasteiger partial charge in [-0.25, -0.2) is 24.2 Å². The zero-order chi connectivity index (χ0) is 37.8. The molecular weight excluding hydrogens is 648 g/mol. The first-order chi connectivity index (χ1) is 23.4. The molecule has 2 amide bonds.